The number of nitrogens with zero attached hydrogens (tertiary/aromatic N) is 1. The fraction of sp³-hybridized carbons (Fsp3) is 0.286. The molecule has 0 aliphatic carbocycles. The van der Waals surface area contributed by atoms with Crippen LogP contribution >= 0.6 is 0 Å². The summed E-state index contributed by atoms with van der Waals surface area (Å²) >= 11 is 0. The number of ether oxygens (including phenoxy) is 1. The zero-order chi connectivity index (χ0) is 20.3. The standard InChI is InChI=1S/C21H20F3NO3/c1-3-27-20(26)16-6-10-18(11-7-16)25-19(12-14(2)13-28-25)15-4-8-17(9-5-15)21(22,23)24/h4-11,19H,2-3,12-13H2,1H3. The number of carbonyl (C=O) groups excluding carboxylic acids is 1. The van der Waals surface area contributed by atoms with Crippen LogP contribution in [-0.2, 0) is 15.8 Å². The van der Waals surface area contributed by atoms with Gasteiger partial charge in [0.1, 0.15) is 0 Å². The molecule has 1 fully saturated rings. The van der Waals surface area contributed by atoms with Gasteiger partial charge in [-0.1, -0.05) is 18.7 Å². The van der Waals surface area contributed by atoms with Crippen LogP contribution in [0.3, 0.4) is 0 Å². The van der Waals surface area contributed by atoms with E-state index in [4.69, 9.17) is 9.57 Å². The molecule has 1 aliphatic heterocycles. The lowest BCUT2D eigenvalue weighted by Crippen LogP contribution is -2.34. The number of halogens is 3. The van der Waals surface area contributed by atoms with Gasteiger partial charge in [0.05, 0.1) is 36.1 Å². The minimum Gasteiger partial charge on any atom is -0.462 e. The first kappa shape index (κ1) is 19.9. The topological polar surface area (TPSA) is 38.8 Å². The quantitative estimate of drug-likeness (QED) is 0.522. The van der Waals surface area contributed by atoms with Crippen molar-refractivity contribution in [3.05, 3.63) is 77.4 Å². The smallest absolute Gasteiger partial charge is 0.416 e. The molecule has 7 heteroatoms. The van der Waals surface area contributed by atoms with Gasteiger partial charge in [0.15, 0.2) is 0 Å². The second-order valence-electron chi connectivity index (χ2n) is 6.46. The highest BCUT2D eigenvalue weighted by molar-refractivity contribution is 5.89. The molecule has 148 valence electrons. The van der Waals surface area contributed by atoms with E-state index >= 15 is 0 Å². The van der Waals surface area contributed by atoms with Crippen molar-refractivity contribution in [2.45, 2.75) is 25.6 Å². The summed E-state index contributed by atoms with van der Waals surface area (Å²) in [7, 11) is 0. The normalized spacial score (nSPS) is 17.5. The maximum Gasteiger partial charge on any atom is 0.416 e. The Morgan fingerprint density at radius 2 is 1.82 bits per heavy atom. The number of esters is 1. The molecule has 3 rings (SSSR count). The lowest BCUT2D eigenvalue weighted by molar-refractivity contribution is -0.137. The Kier molecular flexibility index (Phi) is 5.74. The number of carbonyl (C=O) groups is 1. The maximum absolute atomic E-state index is 12.8. The van der Waals surface area contributed by atoms with Crippen LogP contribution in [0.4, 0.5) is 18.9 Å². The Morgan fingerprint density at radius 1 is 1.18 bits per heavy atom. The summed E-state index contributed by atoms with van der Waals surface area (Å²) in [6, 6.07) is 11.4. The predicted molar refractivity (Wildman–Crippen MR) is 98.8 cm³/mol. The first-order valence-electron chi connectivity index (χ1n) is 8.82. The molecule has 0 spiro atoms. The van der Waals surface area contributed by atoms with Crippen LogP contribution in [-0.4, -0.2) is 19.2 Å². The van der Waals surface area contributed by atoms with Gasteiger partial charge in [0, 0.05) is 0 Å². The third-order valence-electron chi connectivity index (χ3n) is 4.43. The molecule has 0 aromatic heterocycles. The van der Waals surface area contributed by atoms with Gasteiger partial charge in [0.25, 0.3) is 0 Å². The molecule has 28 heavy (non-hydrogen) atoms. The summed E-state index contributed by atoms with van der Waals surface area (Å²) in [5.74, 6) is -0.415. The van der Waals surface area contributed by atoms with Crippen LogP contribution < -0.4 is 5.06 Å². The molecule has 1 saturated heterocycles. The van der Waals surface area contributed by atoms with Crippen LogP contribution in [0.2, 0.25) is 0 Å². The van der Waals surface area contributed by atoms with E-state index in [0.29, 0.717) is 29.8 Å². The summed E-state index contributed by atoms with van der Waals surface area (Å²) in [6.45, 7) is 6.27. The van der Waals surface area contributed by atoms with E-state index in [1.807, 2.05) is 0 Å². The van der Waals surface area contributed by atoms with E-state index in [1.54, 1.807) is 36.3 Å². The molecule has 1 aliphatic rings. The summed E-state index contributed by atoms with van der Waals surface area (Å²) in [5.41, 5.74) is 1.94. The van der Waals surface area contributed by atoms with Crippen molar-refractivity contribution in [3.63, 3.8) is 0 Å². The van der Waals surface area contributed by atoms with Crippen molar-refractivity contribution in [3.8, 4) is 0 Å². The lowest BCUT2D eigenvalue weighted by Gasteiger charge is -2.37. The number of rotatable bonds is 4. The van der Waals surface area contributed by atoms with Crippen LogP contribution in [0.15, 0.2) is 60.7 Å². The van der Waals surface area contributed by atoms with Crippen molar-refractivity contribution >= 4 is 11.7 Å². The van der Waals surface area contributed by atoms with Crippen LogP contribution in [0.5, 0.6) is 0 Å². The highest BCUT2D eigenvalue weighted by Gasteiger charge is 2.32. The monoisotopic (exact) mass is 391 g/mol. The van der Waals surface area contributed by atoms with Gasteiger partial charge in [0.2, 0.25) is 0 Å². The Hall–Kier alpha value is -2.80. The van der Waals surface area contributed by atoms with Crippen molar-refractivity contribution in [2.75, 3.05) is 18.3 Å². The summed E-state index contributed by atoms with van der Waals surface area (Å²) in [6.07, 6.45) is -3.83. The number of hydroxylamine groups is 1. The Balaban J connectivity index is 1.86. The van der Waals surface area contributed by atoms with E-state index in [0.717, 1.165) is 17.7 Å². The lowest BCUT2D eigenvalue weighted by atomic mass is 9.96. The van der Waals surface area contributed by atoms with Crippen LogP contribution in [0, 0.1) is 0 Å². The summed E-state index contributed by atoms with van der Waals surface area (Å²) in [5, 5.41) is 1.65. The third kappa shape index (κ3) is 4.36. The van der Waals surface area contributed by atoms with Gasteiger partial charge < -0.3 is 4.74 Å². The number of benzene rings is 2. The van der Waals surface area contributed by atoms with E-state index in [1.165, 1.54) is 12.1 Å². The fourth-order valence-corrected chi connectivity index (χ4v) is 3.03. The van der Waals surface area contributed by atoms with E-state index in [-0.39, 0.29) is 12.6 Å². The maximum atomic E-state index is 12.8. The highest BCUT2D eigenvalue weighted by atomic mass is 19.4. The van der Waals surface area contributed by atoms with Gasteiger partial charge >= 0.3 is 12.1 Å². The zero-order valence-corrected chi connectivity index (χ0v) is 15.3. The second-order valence-corrected chi connectivity index (χ2v) is 6.46. The van der Waals surface area contributed by atoms with Gasteiger partial charge in [-0.15, -0.1) is 0 Å². The summed E-state index contributed by atoms with van der Waals surface area (Å²) < 4.78 is 43.5. The molecule has 1 atom stereocenters. The highest BCUT2D eigenvalue weighted by Crippen LogP contribution is 2.37. The molecule has 2 aromatic carbocycles. The molecule has 2 aromatic rings. The van der Waals surface area contributed by atoms with Crippen molar-refractivity contribution in [1.82, 2.24) is 0 Å². The molecule has 0 amide bonds. The molecule has 0 saturated carbocycles. The van der Waals surface area contributed by atoms with E-state index < -0.39 is 17.7 Å². The van der Waals surface area contributed by atoms with Gasteiger partial charge in [-0.3, -0.25) is 4.84 Å². The predicted octanol–water partition coefficient (Wildman–Crippen LogP) is 5.32. The third-order valence-corrected chi connectivity index (χ3v) is 4.43. The first-order chi connectivity index (χ1) is 13.3. The number of hydrogen-bond donors (Lipinski definition) is 0. The molecule has 1 heterocycles. The van der Waals surface area contributed by atoms with E-state index in [2.05, 4.69) is 6.58 Å². The molecule has 0 bridgehead atoms. The van der Waals surface area contributed by atoms with Gasteiger partial charge in [-0.05, 0) is 60.9 Å². The zero-order valence-electron chi connectivity index (χ0n) is 15.3. The van der Waals surface area contributed by atoms with Gasteiger partial charge in [-0.25, -0.2) is 9.86 Å². The molecular formula is C21H20F3NO3. The minimum atomic E-state index is -4.38. The molecular weight excluding hydrogens is 371 g/mol. The van der Waals surface area contributed by atoms with Gasteiger partial charge in [-0.2, -0.15) is 13.2 Å². The number of alkyl halides is 3. The largest absolute Gasteiger partial charge is 0.462 e. The second kappa shape index (κ2) is 8.06. The van der Waals surface area contributed by atoms with Crippen LogP contribution in [0.25, 0.3) is 0 Å². The molecule has 0 radical (unpaired) electrons. The Morgan fingerprint density at radius 3 is 2.39 bits per heavy atom. The Bertz CT molecular complexity index is 845. The SMILES string of the molecule is C=C1CON(c2ccc(C(=O)OCC)cc2)C(c2ccc(C(F)(F)F)cc2)C1. The molecule has 0 N–H and O–H groups in total. The summed E-state index contributed by atoms with van der Waals surface area (Å²) in [4.78, 5) is 17.6. The number of hydrogen-bond acceptors (Lipinski definition) is 4. The fourth-order valence-electron chi connectivity index (χ4n) is 3.03. The van der Waals surface area contributed by atoms with Crippen molar-refractivity contribution in [2.24, 2.45) is 0 Å². The minimum absolute atomic E-state index is 0.286. The average Bonchev–Trinajstić information content (AvgIpc) is 2.68. The van der Waals surface area contributed by atoms with Crippen molar-refractivity contribution in [1.29, 1.82) is 0 Å². The van der Waals surface area contributed by atoms with Crippen LogP contribution in [0.1, 0.15) is 40.9 Å². The average molecular weight is 391 g/mol. The molecule has 1 unspecified atom stereocenters. The van der Waals surface area contributed by atoms with Crippen molar-refractivity contribution < 1.29 is 27.5 Å². The number of anilines is 1. The Labute approximate surface area is 161 Å². The molecule has 4 nitrogen and oxygen atoms in total. The van der Waals surface area contributed by atoms with E-state index in [9.17, 15) is 18.0 Å². The first-order valence-corrected chi connectivity index (χ1v) is 8.82.